The highest BCUT2D eigenvalue weighted by Gasteiger charge is 2.23. The van der Waals surface area contributed by atoms with Crippen LogP contribution in [0.1, 0.15) is 23.7 Å². The van der Waals surface area contributed by atoms with E-state index in [0.717, 1.165) is 23.3 Å². The molecule has 0 saturated heterocycles. The molecule has 0 unspecified atom stereocenters. The summed E-state index contributed by atoms with van der Waals surface area (Å²) in [5.41, 5.74) is 2.29. The number of rotatable bonds is 5. The van der Waals surface area contributed by atoms with Gasteiger partial charge in [0.2, 0.25) is 5.91 Å². The summed E-state index contributed by atoms with van der Waals surface area (Å²) in [6, 6.07) is 6.00. The molecule has 0 bridgehead atoms. The lowest BCUT2D eigenvalue weighted by molar-refractivity contribution is -0.385. The molecule has 0 aliphatic heterocycles. The molecule has 150 valence electrons. The van der Waals surface area contributed by atoms with E-state index in [0.29, 0.717) is 21.5 Å². The molecule has 8 nitrogen and oxygen atoms in total. The van der Waals surface area contributed by atoms with Gasteiger partial charge in [-0.05, 0) is 31.0 Å². The molecule has 2 heterocycles. The van der Waals surface area contributed by atoms with Crippen molar-refractivity contribution >= 4 is 45.4 Å². The molecule has 0 N–H and O–H groups in total. The van der Waals surface area contributed by atoms with Gasteiger partial charge in [0.15, 0.2) is 5.13 Å². The molecule has 1 aromatic carbocycles. The van der Waals surface area contributed by atoms with Crippen molar-refractivity contribution in [3.8, 4) is 0 Å². The highest BCUT2D eigenvalue weighted by atomic mass is 35.5. The van der Waals surface area contributed by atoms with E-state index < -0.39 is 4.92 Å². The number of aryl methyl sites for hydroxylation is 2. The summed E-state index contributed by atoms with van der Waals surface area (Å²) in [5.74, 6) is -0.257. The third-order valence-corrected chi connectivity index (χ3v) is 5.34. The fraction of sp³-hybridized carbons (Fsp3) is 0.211. The van der Waals surface area contributed by atoms with Crippen LogP contribution in [0.3, 0.4) is 0 Å². The number of carbonyl (C=O) groups is 1. The third kappa shape index (κ3) is 4.36. The largest absolute Gasteiger partial charge is 0.303 e. The van der Waals surface area contributed by atoms with Crippen LogP contribution in [0.4, 0.5) is 16.5 Å². The Morgan fingerprint density at radius 1 is 1.34 bits per heavy atom. The first-order valence-corrected chi connectivity index (χ1v) is 9.80. The van der Waals surface area contributed by atoms with Gasteiger partial charge in [0.05, 0.1) is 34.1 Å². The molecule has 0 fully saturated rings. The Morgan fingerprint density at radius 2 is 2.07 bits per heavy atom. The fourth-order valence-electron chi connectivity index (χ4n) is 2.98. The molecule has 29 heavy (non-hydrogen) atoms. The van der Waals surface area contributed by atoms with Crippen LogP contribution in [-0.4, -0.2) is 20.4 Å². The lowest BCUT2D eigenvalue weighted by atomic mass is 10.1. The van der Waals surface area contributed by atoms with Gasteiger partial charge >= 0.3 is 0 Å². The number of thiazole rings is 1. The highest BCUT2D eigenvalue weighted by molar-refractivity contribution is 7.14. The second kappa shape index (κ2) is 8.14. The smallest absolute Gasteiger partial charge is 0.285 e. The summed E-state index contributed by atoms with van der Waals surface area (Å²) in [6.07, 6.45) is 1.17. The van der Waals surface area contributed by atoms with E-state index in [9.17, 15) is 19.7 Å². The van der Waals surface area contributed by atoms with E-state index in [2.05, 4.69) is 4.98 Å². The maximum Gasteiger partial charge on any atom is 0.285 e. The highest BCUT2D eigenvalue weighted by Crippen LogP contribution is 2.37. The van der Waals surface area contributed by atoms with Crippen molar-refractivity contribution < 1.29 is 9.72 Å². The maximum atomic E-state index is 12.4. The van der Waals surface area contributed by atoms with Gasteiger partial charge < -0.3 is 4.57 Å². The Balaban J connectivity index is 1.98. The van der Waals surface area contributed by atoms with E-state index in [1.54, 1.807) is 11.4 Å². The van der Waals surface area contributed by atoms with Crippen LogP contribution >= 0.6 is 22.9 Å². The molecule has 3 rings (SSSR count). The SMILES string of the molecule is CC(=O)N(c1nc(Cn2cc([N+](=O)[O-])ccc2=O)cs1)c1c(C)cc(C)cc1Cl. The van der Waals surface area contributed by atoms with Gasteiger partial charge in [0.25, 0.3) is 11.2 Å². The number of pyridine rings is 1. The molecule has 0 aliphatic carbocycles. The maximum absolute atomic E-state index is 12.4. The molecule has 0 saturated carbocycles. The van der Waals surface area contributed by atoms with Gasteiger partial charge in [-0.15, -0.1) is 11.3 Å². The zero-order valence-corrected chi connectivity index (χ0v) is 17.5. The second-order valence-electron chi connectivity index (χ2n) is 6.50. The van der Waals surface area contributed by atoms with Gasteiger partial charge in [0, 0.05) is 24.4 Å². The average molecular weight is 433 g/mol. The van der Waals surface area contributed by atoms with Crippen molar-refractivity contribution in [3.05, 3.63) is 78.2 Å². The van der Waals surface area contributed by atoms with Crippen LogP contribution in [0.2, 0.25) is 5.02 Å². The monoisotopic (exact) mass is 432 g/mol. The summed E-state index contributed by atoms with van der Waals surface area (Å²) in [6.45, 7) is 5.24. The number of nitrogens with zero attached hydrogens (tertiary/aromatic N) is 4. The zero-order chi connectivity index (χ0) is 21.3. The first-order valence-electron chi connectivity index (χ1n) is 8.54. The lowest BCUT2D eigenvalue weighted by Gasteiger charge is -2.22. The quantitative estimate of drug-likeness (QED) is 0.444. The van der Waals surface area contributed by atoms with Gasteiger partial charge in [-0.2, -0.15) is 0 Å². The summed E-state index contributed by atoms with van der Waals surface area (Å²) in [7, 11) is 0. The summed E-state index contributed by atoms with van der Waals surface area (Å²) < 4.78 is 1.21. The van der Waals surface area contributed by atoms with Gasteiger partial charge in [0.1, 0.15) is 0 Å². The number of amides is 1. The van der Waals surface area contributed by atoms with Crippen molar-refractivity contribution in [1.82, 2.24) is 9.55 Å². The minimum absolute atomic E-state index is 0.0450. The van der Waals surface area contributed by atoms with Gasteiger partial charge in [-0.1, -0.05) is 17.7 Å². The van der Waals surface area contributed by atoms with Crippen LogP contribution in [-0.2, 0) is 11.3 Å². The number of halogens is 1. The number of anilines is 2. The Hall–Kier alpha value is -3.04. The summed E-state index contributed by atoms with van der Waals surface area (Å²) in [4.78, 5) is 40.7. The summed E-state index contributed by atoms with van der Waals surface area (Å²) >= 11 is 7.63. The third-order valence-electron chi connectivity index (χ3n) is 4.18. The molecule has 0 radical (unpaired) electrons. The van der Waals surface area contributed by atoms with Gasteiger partial charge in [-0.25, -0.2) is 4.98 Å². The number of nitro groups is 1. The first-order chi connectivity index (χ1) is 13.7. The minimum Gasteiger partial charge on any atom is -0.303 e. The standard InChI is InChI=1S/C19H17ClN4O4S/c1-11-6-12(2)18(16(20)7-11)23(13(3)25)19-21-14(10-29-19)8-22-9-15(24(27)28)4-5-17(22)26/h4-7,9-10H,8H2,1-3H3. The zero-order valence-electron chi connectivity index (χ0n) is 15.9. The molecule has 2 aromatic heterocycles. The predicted octanol–water partition coefficient (Wildman–Crippen LogP) is 4.22. The van der Waals surface area contributed by atoms with Crippen molar-refractivity contribution in [1.29, 1.82) is 0 Å². The molecule has 1 amide bonds. The predicted molar refractivity (Wildman–Crippen MR) is 112 cm³/mol. The van der Waals surface area contributed by atoms with Gasteiger partial charge in [-0.3, -0.25) is 24.6 Å². The van der Waals surface area contributed by atoms with Crippen LogP contribution in [0.25, 0.3) is 0 Å². The van der Waals surface area contributed by atoms with E-state index in [1.807, 2.05) is 19.9 Å². The number of carbonyl (C=O) groups excluding carboxylic acids is 1. The molecule has 0 atom stereocenters. The van der Waals surface area contributed by atoms with Crippen molar-refractivity contribution in [3.63, 3.8) is 0 Å². The van der Waals surface area contributed by atoms with Crippen LogP contribution in [0.15, 0.2) is 40.6 Å². The van der Waals surface area contributed by atoms with Crippen LogP contribution < -0.4 is 10.5 Å². The topological polar surface area (TPSA) is 98.3 Å². The van der Waals surface area contributed by atoms with Crippen molar-refractivity contribution in [2.24, 2.45) is 0 Å². The Morgan fingerprint density at radius 3 is 2.69 bits per heavy atom. The number of benzene rings is 1. The first kappa shape index (κ1) is 20.7. The van der Waals surface area contributed by atoms with Crippen molar-refractivity contribution in [2.75, 3.05) is 4.90 Å². The second-order valence-corrected chi connectivity index (χ2v) is 7.74. The van der Waals surface area contributed by atoms with E-state index in [4.69, 9.17) is 11.6 Å². The molecule has 0 aliphatic rings. The number of aromatic nitrogens is 2. The van der Waals surface area contributed by atoms with Crippen LogP contribution in [0.5, 0.6) is 0 Å². The molecule has 3 aromatic rings. The average Bonchev–Trinajstić information content (AvgIpc) is 3.07. The molecular formula is C19H17ClN4O4S. The lowest BCUT2D eigenvalue weighted by Crippen LogP contribution is -2.24. The minimum atomic E-state index is -0.567. The van der Waals surface area contributed by atoms with E-state index in [-0.39, 0.29) is 23.7 Å². The van der Waals surface area contributed by atoms with Crippen molar-refractivity contribution in [2.45, 2.75) is 27.3 Å². The molecule has 0 spiro atoms. The fourth-order valence-corrected chi connectivity index (χ4v) is 4.25. The Bertz CT molecular complexity index is 1150. The summed E-state index contributed by atoms with van der Waals surface area (Å²) in [5, 5.41) is 13.5. The number of hydrogen-bond acceptors (Lipinski definition) is 6. The van der Waals surface area contributed by atoms with E-state index >= 15 is 0 Å². The molecule has 10 heteroatoms. The normalized spacial score (nSPS) is 10.8. The van der Waals surface area contributed by atoms with E-state index in [1.165, 1.54) is 33.9 Å². The number of hydrogen-bond donors (Lipinski definition) is 0. The Labute approximate surface area is 175 Å². The van der Waals surface area contributed by atoms with Crippen LogP contribution in [0, 0.1) is 24.0 Å². The molecular weight excluding hydrogens is 416 g/mol. The Kier molecular flexibility index (Phi) is 5.81.